The van der Waals surface area contributed by atoms with Crippen molar-refractivity contribution in [2.45, 2.75) is 19.9 Å². The van der Waals surface area contributed by atoms with Crippen LogP contribution in [0, 0.1) is 11.3 Å². The number of benzene rings is 1. The lowest BCUT2D eigenvalue weighted by Crippen LogP contribution is -2.28. The van der Waals surface area contributed by atoms with Gasteiger partial charge in [-0.05, 0) is 50.2 Å². The summed E-state index contributed by atoms with van der Waals surface area (Å²) < 4.78 is 1.52. The van der Waals surface area contributed by atoms with E-state index in [2.05, 4.69) is 4.99 Å². The van der Waals surface area contributed by atoms with Gasteiger partial charge in [-0.2, -0.15) is 5.26 Å². The van der Waals surface area contributed by atoms with Crippen LogP contribution in [0.4, 0.5) is 0 Å². The van der Waals surface area contributed by atoms with Crippen LogP contribution in [-0.4, -0.2) is 16.5 Å². The lowest BCUT2D eigenvalue weighted by molar-refractivity contribution is 0.0954. The van der Waals surface area contributed by atoms with E-state index in [1.807, 2.05) is 32.0 Å². The molecule has 0 aliphatic rings. The third-order valence-electron chi connectivity index (χ3n) is 2.71. The zero-order valence-corrected chi connectivity index (χ0v) is 11.4. The maximum atomic E-state index is 12.5. The molecule has 2 aromatic rings. The molecule has 4 nitrogen and oxygen atoms in total. The maximum Gasteiger partial charge on any atom is 0.263 e. The zero-order valence-electron chi connectivity index (χ0n) is 11.4. The van der Waals surface area contributed by atoms with Crippen LogP contribution in [0.3, 0.4) is 0 Å². The SMILES string of the molecule is CC(C)N=c1ccccn1C(=O)c1ccc(C#N)cc1. The first-order chi connectivity index (χ1) is 9.61. The van der Waals surface area contributed by atoms with E-state index in [1.54, 1.807) is 36.5 Å². The average Bonchev–Trinajstić information content (AvgIpc) is 2.46. The fraction of sp³-hybridized carbons (Fsp3) is 0.188. The van der Waals surface area contributed by atoms with Crippen molar-refractivity contribution in [1.29, 1.82) is 5.26 Å². The highest BCUT2D eigenvalue weighted by Gasteiger charge is 2.08. The molecule has 1 aromatic carbocycles. The summed E-state index contributed by atoms with van der Waals surface area (Å²) in [6.45, 7) is 3.92. The lowest BCUT2D eigenvalue weighted by atomic mass is 10.1. The minimum atomic E-state index is -0.158. The van der Waals surface area contributed by atoms with Crippen LogP contribution in [0.25, 0.3) is 0 Å². The number of pyridine rings is 1. The summed E-state index contributed by atoms with van der Waals surface area (Å²) in [7, 11) is 0. The van der Waals surface area contributed by atoms with Crippen LogP contribution < -0.4 is 5.49 Å². The Kier molecular flexibility index (Phi) is 4.11. The van der Waals surface area contributed by atoms with Gasteiger partial charge in [0.25, 0.3) is 5.91 Å². The van der Waals surface area contributed by atoms with Crippen LogP contribution in [0.2, 0.25) is 0 Å². The van der Waals surface area contributed by atoms with Gasteiger partial charge in [0.05, 0.1) is 11.6 Å². The molecular formula is C16H15N3O. The van der Waals surface area contributed by atoms with E-state index < -0.39 is 0 Å². The summed E-state index contributed by atoms with van der Waals surface area (Å²) in [5, 5.41) is 8.77. The first-order valence-electron chi connectivity index (χ1n) is 6.38. The quantitative estimate of drug-likeness (QED) is 0.837. The Bertz CT molecular complexity index is 718. The molecule has 0 aliphatic carbocycles. The predicted octanol–water partition coefficient (Wildman–Crippen LogP) is 2.36. The molecular weight excluding hydrogens is 250 g/mol. The second-order valence-electron chi connectivity index (χ2n) is 4.65. The molecule has 0 saturated heterocycles. The summed E-state index contributed by atoms with van der Waals surface area (Å²) in [6.07, 6.45) is 1.70. The molecule has 0 atom stereocenters. The molecule has 1 aromatic heterocycles. The van der Waals surface area contributed by atoms with E-state index in [1.165, 1.54) is 4.57 Å². The number of nitrogens with zero attached hydrogens (tertiary/aromatic N) is 3. The minimum absolute atomic E-state index is 0.109. The van der Waals surface area contributed by atoms with Crippen molar-refractivity contribution >= 4 is 5.91 Å². The molecule has 20 heavy (non-hydrogen) atoms. The fourth-order valence-electron chi connectivity index (χ4n) is 1.80. The van der Waals surface area contributed by atoms with Crippen LogP contribution >= 0.6 is 0 Å². The second kappa shape index (κ2) is 5.98. The highest BCUT2D eigenvalue weighted by molar-refractivity contribution is 5.95. The van der Waals surface area contributed by atoms with Gasteiger partial charge in [0.15, 0.2) is 0 Å². The number of carbonyl (C=O) groups excluding carboxylic acids is 1. The van der Waals surface area contributed by atoms with Crippen molar-refractivity contribution in [2.75, 3.05) is 0 Å². The molecule has 0 N–H and O–H groups in total. The second-order valence-corrected chi connectivity index (χ2v) is 4.65. The monoisotopic (exact) mass is 265 g/mol. The molecule has 0 bridgehead atoms. The summed E-state index contributed by atoms with van der Waals surface area (Å²) >= 11 is 0. The highest BCUT2D eigenvalue weighted by Crippen LogP contribution is 2.05. The van der Waals surface area contributed by atoms with Crippen molar-refractivity contribution in [3.8, 4) is 6.07 Å². The normalized spacial score (nSPS) is 11.4. The average molecular weight is 265 g/mol. The molecule has 0 radical (unpaired) electrons. The van der Waals surface area contributed by atoms with Crippen molar-refractivity contribution in [3.05, 3.63) is 65.3 Å². The van der Waals surface area contributed by atoms with Gasteiger partial charge in [-0.25, -0.2) is 0 Å². The van der Waals surface area contributed by atoms with Gasteiger partial charge in [0.1, 0.15) is 5.49 Å². The summed E-state index contributed by atoms with van der Waals surface area (Å²) in [5.41, 5.74) is 1.68. The molecule has 1 heterocycles. The summed E-state index contributed by atoms with van der Waals surface area (Å²) in [4.78, 5) is 16.9. The van der Waals surface area contributed by atoms with Gasteiger partial charge in [-0.1, -0.05) is 6.07 Å². The number of carbonyl (C=O) groups is 1. The largest absolute Gasteiger partial charge is 0.268 e. The van der Waals surface area contributed by atoms with E-state index in [4.69, 9.17) is 5.26 Å². The van der Waals surface area contributed by atoms with E-state index in [0.29, 0.717) is 16.6 Å². The molecule has 0 saturated carbocycles. The van der Waals surface area contributed by atoms with Gasteiger partial charge in [0.2, 0.25) is 0 Å². The van der Waals surface area contributed by atoms with E-state index >= 15 is 0 Å². The van der Waals surface area contributed by atoms with Crippen LogP contribution in [-0.2, 0) is 0 Å². The molecule has 0 spiro atoms. The van der Waals surface area contributed by atoms with Gasteiger partial charge >= 0.3 is 0 Å². The number of nitriles is 1. The number of rotatable bonds is 2. The Morgan fingerprint density at radius 1 is 1.20 bits per heavy atom. The van der Waals surface area contributed by atoms with E-state index in [-0.39, 0.29) is 11.9 Å². The molecule has 0 aliphatic heterocycles. The van der Waals surface area contributed by atoms with Crippen molar-refractivity contribution in [3.63, 3.8) is 0 Å². The Morgan fingerprint density at radius 2 is 1.90 bits per heavy atom. The highest BCUT2D eigenvalue weighted by atomic mass is 16.2. The lowest BCUT2D eigenvalue weighted by Gasteiger charge is -2.07. The maximum absolute atomic E-state index is 12.5. The third-order valence-corrected chi connectivity index (χ3v) is 2.71. The Hall–Kier alpha value is -2.67. The topological polar surface area (TPSA) is 58.1 Å². The summed E-state index contributed by atoms with van der Waals surface area (Å²) in [6, 6.07) is 14.2. The van der Waals surface area contributed by atoms with E-state index in [9.17, 15) is 4.79 Å². The van der Waals surface area contributed by atoms with Gasteiger partial charge < -0.3 is 0 Å². The number of hydrogen-bond donors (Lipinski definition) is 0. The standard InChI is InChI=1S/C16H15N3O/c1-12(2)18-15-5-3-4-10-19(15)16(20)14-8-6-13(11-17)7-9-14/h3-10,12H,1-2H3. The Labute approximate surface area is 117 Å². The first-order valence-corrected chi connectivity index (χ1v) is 6.38. The number of aromatic nitrogens is 1. The van der Waals surface area contributed by atoms with Crippen LogP contribution in [0.15, 0.2) is 53.7 Å². The summed E-state index contributed by atoms with van der Waals surface area (Å²) in [5.74, 6) is -0.158. The van der Waals surface area contributed by atoms with E-state index in [0.717, 1.165) is 0 Å². The molecule has 100 valence electrons. The smallest absolute Gasteiger partial charge is 0.263 e. The minimum Gasteiger partial charge on any atom is -0.268 e. The van der Waals surface area contributed by atoms with Gasteiger partial charge in [-0.3, -0.25) is 14.4 Å². The molecule has 2 rings (SSSR count). The van der Waals surface area contributed by atoms with Crippen molar-refractivity contribution in [1.82, 2.24) is 4.57 Å². The van der Waals surface area contributed by atoms with Crippen LogP contribution in [0.5, 0.6) is 0 Å². The molecule has 0 amide bonds. The zero-order chi connectivity index (χ0) is 14.5. The molecule has 0 fully saturated rings. The van der Waals surface area contributed by atoms with Gasteiger partial charge in [0, 0.05) is 17.8 Å². The fourth-order valence-corrected chi connectivity index (χ4v) is 1.80. The Morgan fingerprint density at radius 3 is 2.50 bits per heavy atom. The predicted molar refractivity (Wildman–Crippen MR) is 76.0 cm³/mol. The Balaban J connectivity index is 2.46. The molecule has 0 unspecified atom stereocenters. The van der Waals surface area contributed by atoms with Crippen molar-refractivity contribution < 1.29 is 4.79 Å². The third kappa shape index (κ3) is 3.01. The number of hydrogen-bond acceptors (Lipinski definition) is 3. The van der Waals surface area contributed by atoms with Gasteiger partial charge in [-0.15, -0.1) is 0 Å². The van der Waals surface area contributed by atoms with Crippen molar-refractivity contribution in [2.24, 2.45) is 4.99 Å². The first kappa shape index (κ1) is 13.8. The molecule has 4 heteroatoms. The van der Waals surface area contributed by atoms with Crippen LogP contribution in [0.1, 0.15) is 29.8 Å².